The van der Waals surface area contributed by atoms with Crippen molar-refractivity contribution >= 4 is 23.7 Å². The zero-order valence-corrected chi connectivity index (χ0v) is 6.59. The van der Waals surface area contributed by atoms with E-state index in [9.17, 15) is 9.59 Å². The third-order valence-electron chi connectivity index (χ3n) is 1.03. The van der Waals surface area contributed by atoms with Crippen LogP contribution in [-0.2, 0) is 14.3 Å². The first-order chi connectivity index (χ1) is 5.11. The van der Waals surface area contributed by atoms with E-state index in [0.29, 0.717) is 0 Å². The van der Waals surface area contributed by atoms with Gasteiger partial charge in [0.05, 0.1) is 13.5 Å². The van der Waals surface area contributed by atoms with Crippen molar-refractivity contribution in [3.8, 4) is 0 Å². The summed E-state index contributed by atoms with van der Waals surface area (Å²) < 4.78 is 4.23. The van der Waals surface area contributed by atoms with Crippen LogP contribution in [0.25, 0.3) is 0 Å². The number of nitrogens with one attached hydrogen (secondary N) is 1. The number of carboxylic acids is 1. The van der Waals surface area contributed by atoms with Gasteiger partial charge in [-0.3, -0.25) is 9.59 Å². The lowest BCUT2D eigenvalue weighted by molar-refractivity contribution is -0.147. The van der Waals surface area contributed by atoms with Crippen LogP contribution in [0.15, 0.2) is 0 Å². The third-order valence-corrected chi connectivity index (χ3v) is 1.29. The number of aliphatic carboxylic acids is 1. The zero-order chi connectivity index (χ0) is 8.85. The number of hydrogen-bond acceptors (Lipinski definition) is 4. The van der Waals surface area contributed by atoms with Gasteiger partial charge >= 0.3 is 11.9 Å². The highest BCUT2D eigenvalue weighted by molar-refractivity contribution is 6.15. The van der Waals surface area contributed by atoms with Crippen LogP contribution in [0.5, 0.6) is 0 Å². The van der Waals surface area contributed by atoms with Crippen LogP contribution in [0.2, 0.25) is 0 Å². The number of carbonyl (C=O) groups is 2. The molecule has 0 aromatic carbocycles. The van der Waals surface area contributed by atoms with E-state index in [1.165, 1.54) is 7.11 Å². The van der Waals surface area contributed by atoms with Crippen LogP contribution in [0.4, 0.5) is 0 Å². The van der Waals surface area contributed by atoms with Crippen LogP contribution in [0, 0.1) is 0 Å². The second kappa shape index (κ2) is 4.92. The largest absolute Gasteiger partial charge is 0.480 e. The predicted octanol–water partition coefficient (Wildman–Crippen LogP) is -0.254. The van der Waals surface area contributed by atoms with Gasteiger partial charge in [0.25, 0.3) is 0 Å². The molecule has 0 rings (SSSR count). The molecule has 0 radical (unpaired) electrons. The summed E-state index contributed by atoms with van der Waals surface area (Å²) in [5, 5.41) is 8.36. The topological polar surface area (TPSA) is 75.6 Å². The normalized spacial score (nSPS) is 12.2. The highest BCUT2D eigenvalue weighted by Crippen LogP contribution is 1.95. The van der Waals surface area contributed by atoms with E-state index in [2.05, 4.69) is 4.74 Å². The fourth-order valence-corrected chi connectivity index (χ4v) is 0.593. The van der Waals surface area contributed by atoms with Gasteiger partial charge in [0.15, 0.2) is 0 Å². The second-order valence-electron chi connectivity index (χ2n) is 1.78. The van der Waals surface area contributed by atoms with E-state index < -0.39 is 18.0 Å². The summed E-state index contributed by atoms with van der Waals surface area (Å²) in [6.07, 6.45) is -0.282. The summed E-state index contributed by atoms with van der Waals surface area (Å²) in [6.45, 7) is 0. The Kier molecular flexibility index (Phi) is 4.56. The number of ether oxygens (including phenoxy) is 1. The highest BCUT2D eigenvalue weighted by Gasteiger charge is 2.19. The van der Waals surface area contributed by atoms with Crippen molar-refractivity contribution in [3.63, 3.8) is 0 Å². The van der Waals surface area contributed by atoms with Gasteiger partial charge in [0.1, 0.15) is 6.04 Å². The van der Waals surface area contributed by atoms with Gasteiger partial charge in [-0.2, -0.15) is 0 Å². The third kappa shape index (κ3) is 3.79. The Morgan fingerprint density at radius 2 is 2.27 bits per heavy atom. The number of hydrogen-bond donors (Lipinski definition) is 2. The van der Waals surface area contributed by atoms with Gasteiger partial charge in [-0.15, -0.1) is 0 Å². The lowest BCUT2D eigenvalue weighted by atomic mass is 10.2. The highest BCUT2D eigenvalue weighted by atomic mass is 35.5. The fraction of sp³-hybridized carbons (Fsp3) is 0.600. The zero-order valence-electron chi connectivity index (χ0n) is 5.83. The molecule has 0 amide bonds. The van der Waals surface area contributed by atoms with Crippen LogP contribution in [0.3, 0.4) is 0 Å². The van der Waals surface area contributed by atoms with E-state index in [-0.39, 0.29) is 6.42 Å². The average Bonchev–Trinajstić information content (AvgIpc) is 1.99. The van der Waals surface area contributed by atoms with Gasteiger partial charge in [0.2, 0.25) is 0 Å². The first kappa shape index (κ1) is 10.2. The summed E-state index contributed by atoms with van der Waals surface area (Å²) in [5.74, 6) is -1.81. The number of esters is 1. The Bertz CT molecular complexity index is 161. The molecule has 0 fully saturated rings. The minimum atomic E-state index is -1.19. The quantitative estimate of drug-likeness (QED) is 0.462. The van der Waals surface area contributed by atoms with Crippen molar-refractivity contribution < 1.29 is 19.4 Å². The summed E-state index contributed by atoms with van der Waals surface area (Å²) in [4.78, 5) is 22.7. The minimum Gasteiger partial charge on any atom is -0.480 e. The Morgan fingerprint density at radius 1 is 1.73 bits per heavy atom. The summed E-state index contributed by atoms with van der Waals surface area (Å²) in [6, 6.07) is -1.09. The van der Waals surface area contributed by atoms with Crippen molar-refractivity contribution in [2.45, 2.75) is 12.5 Å². The van der Waals surface area contributed by atoms with E-state index in [0.717, 1.165) is 0 Å². The molecule has 0 bridgehead atoms. The monoisotopic (exact) mass is 181 g/mol. The predicted molar refractivity (Wildman–Crippen MR) is 37.0 cm³/mol. The summed E-state index contributed by atoms with van der Waals surface area (Å²) >= 11 is 5.02. The summed E-state index contributed by atoms with van der Waals surface area (Å²) in [7, 11) is 1.18. The van der Waals surface area contributed by atoms with Crippen molar-refractivity contribution in [2.24, 2.45) is 0 Å². The molecule has 0 aliphatic heterocycles. The molecule has 6 heteroatoms. The maximum absolute atomic E-state index is 10.5. The summed E-state index contributed by atoms with van der Waals surface area (Å²) in [5.41, 5.74) is 0. The number of methoxy groups -OCH3 is 1. The smallest absolute Gasteiger partial charge is 0.322 e. The van der Waals surface area contributed by atoms with Gasteiger partial charge in [0, 0.05) is 0 Å². The van der Waals surface area contributed by atoms with Gasteiger partial charge in [-0.25, -0.2) is 4.84 Å². The minimum absolute atomic E-state index is 0.282. The number of carbonyl (C=O) groups excluding carboxylic acids is 1. The molecule has 0 spiro atoms. The van der Waals surface area contributed by atoms with Crippen LogP contribution < -0.4 is 4.84 Å². The molecule has 0 saturated heterocycles. The van der Waals surface area contributed by atoms with Crippen molar-refractivity contribution in [3.05, 3.63) is 0 Å². The number of carboxylic acid groups (broad SMARTS) is 1. The first-order valence-electron chi connectivity index (χ1n) is 2.77. The van der Waals surface area contributed by atoms with E-state index in [1.54, 1.807) is 0 Å². The molecular formula is C5H8ClNO4. The second-order valence-corrected chi connectivity index (χ2v) is 2.00. The maximum atomic E-state index is 10.5. The lowest BCUT2D eigenvalue weighted by Gasteiger charge is -2.06. The molecule has 2 N–H and O–H groups in total. The SMILES string of the molecule is COC(=O)CC(NCl)C(=O)O. The molecule has 0 heterocycles. The number of halogens is 1. The standard InChI is InChI=1S/C5H8ClNO4/c1-11-4(8)2-3(7-6)5(9)10/h3,7H,2H2,1H3,(H,9,10). The molecule has 0 aromatic heterocycles. The van der Waals surface area contributed by atoms with Crippen LogP contribution in [0.1, 0.15) is 6.42 Å². The Morgan fingerprint density at radius 3 is 2.55 bits per heavy atom. The Labute approximate surface area is 68.4 Å². The molecule has 0 aliphatic rings. The molecule has 5 nitrogen and oxygen atoms in total. The van der Waals surface area contributed by atoms with E-state index in [4.69, 9.17) is 16.9 Å². The molecule has 64 valence electrons. The van der Waals surface area contributed by atoms with Gasteiger partial charge in [-0.05, 0) is 11.8 Å². The van der Waals surface area contributed by atoms with Crippen LogP contribution >= 0.6 is 11.8 Å². The van der Waals surface area contributed by atoms with Gasteiger partial charge < -0.3 is 9.84 Å². The van der Waals surface area contributed by atoms with Crippen LogP contribution in [-0.4, -0.2) is 30.2 Å². The van der Waals surface area contributed by atoms with Crippen molar-refractivity contribution in [1.82, 2.24) is 4.84 Å². The Hall–Kier alpha value is -0.810. The molecule has 1 unspecified atom stereocenters. The number of rotatable bonds is 4. The average molecular weight is 182 g/mol. The maximum Gasteiger partial charge on any atom is 0.322 e. The first-order valence-corrected chi connectivity index (χ1v) is 3.15. The molecular weight excluding hydrogens is 174 g/mol. The lowest BCUT2D eigenvalue weighted by Crippen LogP contribution is -2.33. The molecule has 1 atom stereocenters. The molecule has 0 aliphatic carbocycles. The molecule has 0 aromatic rings. The van der Waals surface area contributed by atoms with Gasteiger partial charge in [-0.1, -0.05) is 0 Å². The van der Waals surface area contributed by atoms with E-state index in [1.807, 2.05) is 4.84 Å². The molecule has 11 heavy (non-hydrogen) atoms. The van der Waals surface area contributed by atoms with Crippen molar-refractivity contribution in [2.75, 3.05) is 7.11 Å². The molecule has 0 saturated carbocycles. The van der Waals surface area contributed by atoms with E-state index >= 15 is 0 Å². The van der Waals surface area contributed by atoms with Crippen molar-refractivity contribution in [1.29, 1.82) is 0 Å². The Balaban J connectivity index is 3.88. The fourth-order valence-electron chi connectivity index (χ4n) is 0.423.